The molecule has 0 unspecified atom stereocenters. The largest absolute Gasteiger partial charge is 0.337 e. The fourth-order valence-corrected chi connectivity index (χ4v) is 2.37. The van der Waals surface area contributed by atoms with Gasteiger partial charge >= 0.3 is 6.03 Å². The van der Waals surface area contributed by atoms with Gasteiger partial charge in [-0.2, -0.15) is 0 Å². The Morgan fingerprint density at radius 2 is 2.17 bits per heavy atom. The van der Waals surface area contributed by atoms with Crippen LogP contribution in [0.25, 0.3) is 0 Å². The number of amidine groups is 1. The van der Waals surface area contributed by atoms with Crippen LogP contribution in [0.15, 0.2) is 29.3 Å². The quantitative estimate of drug-likeness (QED) is 0.894. The summed E-state index contributed by atoms with van der Waals surface area (Å²) in [5.74, 6) is 0.945. The molecule has 0 radical (unpaired) electrons. The highest BCUT2D eigenvalue weighted by atomic mass is 35.5. The fraction of sp³-hybridized carbons (Fsp3) is 0.333. The van der Waals surface area contributed by atoms with Gasteiger partial charge in [-0.1, -0.05) is 35.5 Å². The summed E-state index contributed by atoms with van der Waals surface area (Å²) in [4.78, 5) is 15.7. The van der Waals surface area contributed by atoms with E-state index in [9.17, 15) is 4.79 Å². The molecule has 2 rings (SSSR count). The van der Waals surface area contributed by atoms with Crippen molar-refractivity contribution in [1.29, 1.82) is 0 Å². The minimum atomic E-state index is -0.197. The Labute approximate surface area is 115 Å². The Balaban J connectivity index is 1.68. The molecule has 0 saturated carbocycles. The highest BCUT2D eigenvalue weighted by molar-refractivity contribution is 8.14. The number of nitrogens with zero attached hydrogens (tertiary/aromatic N) is 1. The molecule has 96 valence electrons. The normalized spacial score (nSPS) is 14.2. The van der Waals surface area contributed by atoms with Gasteiger partial charge in [-0.25, -0.2) is 4.79 Å². The first-order valence-corrected chi connectivity index (χ1v) is 7.07. The number of aliphatic imine (C=N–C) groups is 1. The summed E-state index contributed by atoms with van der Waals surface area (Å²) < 4.78 is 0. The molecule has 0 spiro atoms. The maximum Gasteiger partial charge on any atom is 0.320 e. The first-order chi connectivity index (χ1) is 8.74. The van der Waals surface area contributed by atoms with Crippen molar-refractivity contribution in [3.63, 3.8) is 0 Å². The van der Waals surface area contributed by atoms with Crippen LogP contribution in [0.5, 0.6) is 0 Å². The van der Waals surface area contributed by atoms with E-state index in [-0.39, 0.29) is 6.03 Å². The summed E-state index contributed by atoms with van der Waals surface area (Å²) in [7, 11) is 0. The molecule has 1 aromatic carbocycles. The van der Waals surface area contributed by atoms with Crippen molar-refractivity contribution in [3.05, 3.63) is 34.9 Å². The number of hydrogen-bond donors (Lipinski definition) is 2. The lowest BCUT2D eigenvalue weighted by Crippen LogP contribution is -2.38. The number of benzene rings is 1. The second-order valence-corrected chi connectivity index (χ2v) is 5.31. The molecule has 0 aliphatic carbocycles. The van der Waals surface area contributed by atoms with Crippen LogP contribution in [0.4, 0.5) is 4.79 Å². The molecule has 1 heterocycles. The van der Waals surface area contributed by atoms with Gasteiger partial charge < -0.3 is 5.32 Å². The van der Waals surface area contributed by atoms with Crippen LogP contribution in [0.2, 0.25) is 5.02 Å². The molecule has 4 nitrogen and oxygen atoms in total. The van der Waals surface area contributed by atoms with Crippen LogP contribution in [-0.2, 0) is 6.42 Å². The fourth-order valence-electron chi connectivity index (χ4n) is 1.52. The van der Waals surface area contributed by atoms with E-state index in [2.05, 4.69) is 15.6 Å². The lowest BCUT2D eigenvalue weighted by Gasteiger charge is -2.06. The van der Waals surface area contributed by atoms with Gasteiger partial charge in [-0.15, -0.1) is 0 Å². The molecule has 2 N–H and O–H groups in total. The molecule has 2 amide bonds. The minimum absolute atomic E-state index is 0.197. The predicted molar refractivity (Wildman–Crippen MR) is 76.5 cm³/mol. The molecular formula is C12H14ClN3OS. The molecular weight excluding hydrogens is 270 g/mol. The van der Waals surface area contributed by atoms with Gasteiger partial charge in [0.05, 0.1) is 6.54 Å². The van der Waals surface area contributed by atoms with Crippen LogP contribution in [-0.4, -0.2) is 30.0 Å². The Morgan fingerprint density at radius 3 is 2.83 bits per heavy atom. The van der Waals surface area contributed by atoms with Crippen molar-refractivity contribution in [2.24, 2.45) is 4.99 Å². The van der Waals surface area contributed by atoms with Crippen molar-refractivity contribution in [1.82, 2.24) is 10.6 Å². The third-order valence-corrected chi connectivity index (χ3v) is 3.56. The molecule has 1 aliphatic rings. The van der Waals surface area contributed by atoms with Crippen LogP contribution < -0.4 is 10.6 Å². The van der Waals surface area contributed by atoms with E-state index in [0.29, 0.717) is 11.7 Å². The Morgan fingerprint density at radius 1 is 1.39 bits per heavy atom. The van der Waals surface area contributed by atoms with Gasteiger partial charge in [-0.05, 0) is 24.1 Å². The van der Waals surface area contributed by atoms with Crippen LogP contribution in [0, 0.1) is 0 Å². The Kier molecular flexibility index (Phi) is 4.90. The molecule has 0 aromatic heterocycles. The molecule has 1 aromatic rings. The van der Waals surface area contributed by atoms with Gasteiger partial charge in [0.1, 0.15) is 0 Å². The van der Waals surface area contributed by atoms with E-state index >= 15 is 0 Å². The lowest BCUT2D eigenvalue weighted by molar-refractivity contribution is 0.245. The Bertz CT molecular complexity index is 447. The second-order valence-electron chi connectivity index (χ2n) is 3.79. The highest BCUT2D eigenvalue weighted by Gasteiger charge is 2.09. The molecule has 0 fully saturated rings. The lowest BCUT2D eigenvalue weighted by atomic mass is 10.1. The second kappa shape index (κ2) is 6.66. The molecule has 18 heavy (non-hydrogen) atoms. The van der Waals surface area contributed by atoms with E-state index in [4.69, 9.17) is 11.6 Å². The summed E-state index contributed by atoms with van der Waals surface area (Å²) >= 11 is 7.36. The van der Waals surface area contributed by atoms with Crippen molar-refractivity contribution >= 4 is 34.6 Å². The van der Waals surface area contributed by atoms with Crippen LogP contribution >= 0.6 is 23.4 Å². The van der Waals surface area contributed by atoms with E-state index < -0.39 is 0 Å². The van der Waals surface area contributed by atoms with E-state index in [1.807, 2.05) is 24.3 Å². The maximum absolute atomic E-state index is 11.5. The van der Waals surface area contributed by atoms with Gasteiger partial charge in [0, 0.05) is 17.3 Å². The molecule has 6 heteroatoms. The molecule has 0 atom stereocenters. The van der Waals surface area contributed by atoms with Gasteiger partial charge in [0.15, 0.2) is 5.17 Å². The zero-order valence-electron chi connectivity index (χ0n) is 9.78. The summed E-state index contributed by atoms with van der Waals surface area (Å²) in [6, 6.07) is 7.41. The zero-order chi connectivity index (χ0) is 12.8. The van der Waals surface area contributed by atoms with Crippen molar-refractivity contribution < 1.29 is 4.79 Å². The average Bonchev–Trinajstić information content (AvgIpc) is 2.84. The number of carbonyl (C=O) groups excluding carboxylic acids is 1. The number of thioether (sulfide) groups is 1. The summed E-state index contributed by atoms with van der Waals surface area (Å²) in [5, 5.41) is 6.94. The van der Waals surface area contributed by atoms with Crippen molar-refractivity contribution in [3.8, 4) is 0 Å². The third-order valence-electron chi connectivity index (χ3n) is 2.42. The number of urea groups is 1. The molecule has 0 bridgehead atoms. The highest BCUT2D eigenvalue weighted by Crippen LogP contribution is 2.10. The van der Waals surface area contributed by atoms with Crippen LogP contribution in [0.1, 0.15) is 5.56 Å². The van der Waals surface area contributed by atoms with E-state index in [1.54, 1.807) is 11.8 Å². The number of nitrogens with one attached hydrogen (secondary N) is 2. The first kappa shape index (κ1) is 13.2. The van der Waals surface area contributed by atoms with Crippen LogP contribution in [0.3, 0.4) is 0 Å². The SMILES string of the molecule is O=C(NCCc1ccc(Cl)cc1)NC1=NCCS1. The number of rotatable bonds is 3. The smallest absolute Gasteiger partial charge is 0.320 e. The summed E-state index contributed by atoms with van der Waals surface area (Å²) in [6.07, 6.45) is 0.782. The molecule has 0 saturated heterocycles. The van der Waals surface area contributed by atoms with Crippen molar-refractivity contribution in [2.75, 3.05) is 18.8 Å². The summed E-state index contributed by atoms with van der Waals surface area (Å²) in [5.41, 5.74) is 1.15. The number of halogens is 1. The number of hydrogen-bond acceptors (Lipinski definition) is 3. The van der Waals surface area contributed by atoms with E-state index in [0.717, 1.165) is 29.3 Å². The monoisotopic (exact) mass is 283 g/mol. The minimum Gasteiger partial charge on any atom is -0.337 e. The maximum atomic E-state index is 11.5. The number of amides is 2. The van der Waals surface area contributed by atoms with E-state index in [1.165, 1.54) is 0 Å². The molecule has 1 aliphatic heterocycles. The average molecular weight is 284 g/mol. The van der Waals surface area contributed by atoms with Gasteiger partial charge in [0.25, 0.3) is 0 Å². The van der Waals surface area contributed by atoms with Crippen molar-refractivity contribution in [2.45, 2.75) is 6.42 Å². The summed E-state index contributed by atoms with van der Waals surface area (Å²) in [6.45, 7) is 1.37. The van der Waals surface area contributed by atoms with Gasteiger partial charge in [0.2, 0.25) is 0 Å². The third kappa shape index (κ3) is 4.23. The number of carbonyl (C=O) groups is 1. The first-order valence-electron chi connectivity index (χ1n) is 5.70. The standard InChI is InChI=1S/C12H14ClN3OS/c13-10-3-1-9(2-4-10)5-6-14-11(17)16-12-15-7-8-18-12/h1-4H,5-8H2,(H2,14,15,16,17). The zero-order valence-corrected chi connectivity index (χ0v) is 11.4. The van der Waals surface area contributed by atoms with Gasteiger partial charge in [-0.3, -0.25) is 10.3 Å². The predicted octanol–water partition coefficient (Wildman–Crippen LogP) is 2.28. The Hall–Kier alpha value is -1.20. The topological polar surface area (TPSA) is 53.5 Å².